The van der Waals surface area contributed by atoms with Gasteiger partial charge in [0.05, 0.1) is 14.2 Å². The average Bonchev–Trinajstić information content (AvgIpc) is 2.37. The Hall–Kier alpha value is -1.75. The van der Waals surface area contributed by atoms with Gasteiger partial charge in [-0.15, -0.1) is 0 Å². The fraction of sp³-hybridized carbons (Fsp3) is 0.500. The van der Waals surface area contributed by atoms with E-state index in [0.717, 1.165) is 0 Å². The van der Waals surface area contributed by atoms with Crippen molar-refractivity contribution < 1.29 is 14.3 Å². The number of hydrogen-bond acceptors (Lipinski definition) is 4. The van der Waals surface area contributed by atoms with Crippen LogP contribution in [0.3, 0.4) is 0 Å². The van der Waals surface area contributed by atoms with Gasteiger partial charge in [-0.05, 0) is 38.9 Å². The summed E-state index contributed by atoms with van der Waals surface area (Å²) in [5.74, 6) is 0.998. The normalized spacial score (nSPS) is 11.0. The van der Waals surface area contributed by atoms with Crippen molar-refractivity contribution in [2.75, 3.05) is 20.8 Å². The van der Waals surface area contributed by atoms with Crippen molar-refractivity contribution in [3.05, 3.63) is 23.8 Å². The molecule has 1 rings (SSSR count). The highest BCUT2D eigenvalue weighted by Crippen LogP contribution is 2.23. The van der Waals surface area contributed by atoms with E-state index in [1.54, 1.807) is 32.4 Å². The second kappa shape index (κ2) is 6.43. The lowest BCUT2D eigenvalue weighted by molar-refractivity contribution is 0.0909. The minimum Gasteiger partial charge on any atom is -0.497 e. The quantitative estimate of drug-likeness (QED) is 0.819. The number of hydrogen-bond donors (Lipinski definition) is 2. The predicted octanol–water partition coefficient (Wildman–Crippen LogP) is 1.56. The van der Waals surface area contributed by atoms with Crippen molar-refractivity contribution in [1.29, 1.82) is 0 Å². The molecule has 5 heteroatoms. The van der Waals surface area contributed by atoms with Gasteiger partial charge in [0.25, 0.3) is 5.91 Å². The van der Waals surface area contributed by atoms with Gasteiger partial charge in [-0.2, -0.15) is 0 Å². The van der Waals surface area contributed by atoms with Crippen LogP contribution in [-0.4, -0.2) is 32.2 Å². The van der Waals surface area contributed by atoms with E-state index in [2.05, 4.69) is 5.32 Å². The predicted molar refractivity (Wildman–Crippen MR) is 74.8 cm³/mol. The summed E-state index contributed by atoms with van der Waals surface area (Å²) in [7, 11) is 3.10. The second-order valence-corrected chi connectivity index (χ2v) is 4.98. The number of nitrogens with two attached hydrogens (primary N) is 1. The Balaban J connectivity index is 2.93. The van der Waals surface area contributed by atoms with Crippen LogP contribution in [0.4, 0.5) is 0 Å². The molecular weight excluding hydrogens is 244 g/mol. The van der Waals surface area contributed by atoms with Crippen molar-refractivity contribution in [2.24, 2.45) is 5.73 Å². The first-order valence-electron chi connectivity index (χ1n) is 6.17. The molecule has 0 aliphatic heterocycles. The smallest absolute Gasteiger partial charge is 0.251 e. The molecule has 0 atom stereocenters. The van der Waals surface area contributed by atoms with Gasteiger partial charge in [0, 0.05) is 17.2 Å². The molecule has 0 radical (unpaired) electrons. The Morgan fingerprint density at radius 3 is 2.16 bits per heavy atom. The summed E-state index contributed by atoms with van der Waals surface area (Å²) < 4.78 is 10.3. The maximum absolute atomic E-state index is 12.2. The lowest BCUT2D eigenvalue weighted by Crippen LogP contribution is -2.44. The summed E-state index contributed by atoms with van der Waals surface area (Å²) in [6.45, 7) is 4.40. The molecule has 0 heterocycles. The topological polar surface area (TPSA) is 73.6 Å². The molecule has 0 saturated carbocycles. The molecule has 0 aliphatic rings. The molecule has 0 spiro atoms. The van der Waals surface area contributed by atoms with E-state index < -0.39 is 0 Å². The highest BCUT2D eigenvalue weighted by molar-refractivity contribution is 5.95. The molecule has 1 amide bonds. The number of rotatable bonds is 6. The summed E-state index contributed by atoms with van der Waals surface area (Å²) in [6, 6.07) is 5.08. The molecule has 5 nitrogen and oxygen atoms in total. The number of carbonyl (C=O) groups is 1. The third-order valence-electron chi connectivity index (χ3n) is 2.83. The maximum atomic E-state index is 12.2. The van der Waals surface area contributed by atoms with Crippen LogP contribution >= 0.6 is 0 Å². The van der Waals surface area contributed by atoms with E-state index in [-0.39, 0.29) is 11.4 Å². The Bertz CT molecular complexity index is 422. The highest BCUT2D eigenvalue weighted by atomic mass is 16.5. The molecule has 0 saturated heterocycles. The Morgan fingerprint density at radius 2 is 1.74 bits per heavy atom. The van der Waals surface area contributed by atoms with Crippen LogP contribution in [0.15, 0.2) is 18.2 Å². The molecule has 0 aliphatic carbocycles. The first kappa shape index (κ1) is 15.3. The monoisotopic (exact) mass is 266 g/mol. The molecule has 3 N–H and O–H groups in total. The summed E-state index contributed by atoms with van der Waals surface area (Å²) in [6.07, 6.45) is 0.708. The van der Waals surface area contributed by atoms with Crippen LogP contribution < -0.4 is 20.5 Å². The first-order chi connectivity index (χ1) is 8.91. The minimum absolute atomic E-state index is 0.171. The van der Waals surface area contributed by atoms with E-state index >= 15 is 0 Å². The van der Waals surface area contributed by atoms with Gasteiger partial charge in [-0.3, -0.25) is 4.79 Å². The third-order valence-corrected chi connectivity index (χ3v) is 2.83. The van der Waals surface area contributed by atoms with E-state index in [4.69, 9.17) is 15.2 Å². The summed E-state index contributed by atoms with van der Waals surface area (Å²) in [4.78, 5) is 12.2. The lowest BCUT2D eigenvalue weighted by atomic mass is 10.00. The van der Waals surface area contributed by atoms with Crippen molar-refractivity contribution in [2.45, 2.75) is 25.8 Å². The van der Waals surface area contributed by atoms with Crippen LogP contribution in [0.2, 0.25) is 0 Å². The van der Waals surface area contributed by atoms with Crippen LogP contribution in [0, 0.1) is 0 Å². The van der Waals surface area contributed by atoms with Gasteiger partial charge in [0.1, 0.15) is 11.5 Å². The molecule has 0 bridgehead atoms. The van der Waals surface area contributed by atoms with Gasteiger partial charge in [-0.25, -0.2) is 0 Å². The largest absolute Gasteiger partial charge is 0.497 e. The fourth-order valence-electron chi connectivity index (χ4n) is 1.74. The number of benzene rings is 1. The van der Waals surface area contributed by atoms with Gasteiger partial charge >= 0.3 is 0 Å². The second-order valence-electron chi connectivity index (χ2n) is 4.98. The summed E-state index contributed by atoms with van der Waals surface area (Å²) in [5, 5.41) is 2.95. The van der Waals surface area contributed by atoms with E-state index in [0.29, 0.717) is 30.0 Å². The van der Waals surface area contributed by atoms with Crippen LogP contribution in [0.25, 0.3) is 0 Å². The van der Waals surface area contributed by atoms with Crippen LogP contribution in [0.1, 0.15) is 30.6 Å². The SMILES string of the molecule is COc1cc(OC)cc(C(=O)NC(C)(C)CCN)c1. The zero-order chi connectivity index (χ0) is 14.5. The molecule has 19 heavy (non-hydrogen) atoms. The molecule has 0 unspecified atom stereocenters. The summed E-state index contributed by atoms with van der Waals surface area (Å²) in [5.41, 5.74) is 5.69. The minimum atomic E-state index is -0.345. The van der Waals surface area contributed by atoms with Crippen molar-refractivity contribution in [3.63, 3.8) is 0 Å². The van der Waals surface area contributed by atoms with E-state index in [9.17, 15) is 4.79 Å². The number of ether oxygens (including phenoxy) is 2. The zero-order valence-corrected chi connectivity index (χ0v) is 11.9. The van der Waals surface area contributed by atoms with Crippen molar-refractivity contribution >= 4 is 5.91 Å². The highest BCUT2D eigenvalue weighted by Gasteiger charge is 2.21. The Kier molecular flexibility index (Phi) is 5.18. The first-order valence-corrected chi connectivity index (χ1v) is 6.17. The molecule has 1 aromatic carbocycles. The molecule has 1 aromatic rings. The molecule has 106 valence electrons. The van der Waals surface area contributed by atoms with Gasteiger partial charge in [0.15, 0.2) is 0 Å². The zero-order valence-electron chi connectivity index (χ0n) is 11.9. The molecular formula is C14H22N2O3. The Morgan fingerprint density at radius 1 is 1.21 bits per heavy atom. The number of amides is 1. The molecule has 0 aromatic heterocycles. The number of nitrogens with one attached hydrogen (secondary N) is 1. The summed E-state index contributed by atoms with van der Waals surface area (Å²) >= 11 is 0. The standard InChI is InChI=1S/C14H22N2O3/c1-14(2,5-6-15)16-13(17)10-7-11(18-3)9-12(8-10)19-4/h7-9H,5-6,15H2,1-4H3,(H,16,17). The van der Waals surface area contributed by atoms with Gasteiger partial charge in [-0.1, -0.05) is 0 Å². The number of methoxy groups -OCH3 is 2. The van der Waals surface area contributed by atoms with E-state index in [1.165, 1.54) is 0 Å². The lowest BCUT2D eigenvalue weighted by Gasteiger charge is -2.25. The molecule has 0 fully saturated rings. The average molecular weight is 266 g/mol. The Labute approximate surface area is 114 Å². The van der Waals surface area contributed by atoms with Gasteiger partial charge in [0.2, 0.25) is 0 Å². The van der Waals surface area contributed by atoms with Gasteiger partial charge < -0.3 is 20.5 Å². The van der Waals surface area contributed by atoms with Crippen LogP contribution in [-0.2, 0) is 0 Å². The fourth-order valence-corrected chi connectivity index (χ4v) is 1.74. The van der Waals surface area contributed by atoms with E-state index in [1.807, 2.05) is 13.8 Å². The van der Waals surface area contributed by atoms with Crippen molar-refractivity contribution in [1.82, 2.24) is 5.32 Å². The third kappa shape index (κ3) is 4.44. The maximum Gasteiger partial charge on any atom is 0.251 e. The van der Waals surface area contributed by atoms with Crippen LogP contribution in [0.5, 0.6) is 11.5 Å². The van der Waals surface area contributed by atoms with Crippen molar-refractivity contribution in [3.8, 4) is 11.5 Å². The number of carbonyl (C=O) groups excluding carboxylic acids is 1.